The molecule has 1 aliphatic rings. The molecule has 0 unspecified atom stereocenters. The average molecular weight is 344 g/mol. The number of carbonyl (C=O) groups excluding carboxylic acids is 1. The lowest BCUT2D eigenvalue weighted by atomic mass is 9.95. The molecular formula is C21H20N4O. The maximum Gasteiger partial charge on any atom is 0.251 e. The minimum absolute atomic E-state index is 0.00176. The first-order chi connectivity index (χ1) is 12.8. The summed E-state index contributed by atoms with van der Waals surface area (Å²) in [6.45, 7) is 0. The number of hydrogen-bond acceptors (Lipinski definition) is 3. The zero-order valence-corrected chi connectivity index (χ0v) is 14.5. The molecule has 130 valence electrons. The third-order valence-corrected chi connectivity index (χ3v) is 5.30. The third-order valence-electron chi connectivity index (χ3n) is 5.30. The smallest absolute Gasteiger partial charge is 0.251 e. The molecule has 5 nitrogen and oxygen atoms in total. The number of nitrogens with one attached hydrogen (secondary N) is 2. The third kappa shape index (κ3) is 2.60. The summed E-state index contributed by atoms with van der Waals surface area (Å²) in [4.78, 5) is 25.4. The normalized spacial score (nSPS) is 15.7. The molecule has 1 fully saturated rings. The summed E-state index contributed by atoms with van der Waals surface area (Å²) < 4.78 is 0. The van der Waals surface area contributed by atoms with Crippen molar-refractivity contribution in [3.05, 3.63) is 48.0 Å². The first-order valence-electron chi connectivity index (χ1n) is 9.27. The summed E-state index contributed by atoms with van der Waals surface area (Å²) >= 11 is 0. The van der Waals surface area contributed by atoms with E-state index in [1.807, 2.05) is 42.5 Å². The van der Waals surface area contributed by atoms with Crippen molar-refractivity contribution in [3.63, 3.8) is 0 Å². The van der Waals surface area contributed by atoms with Gasteiger partial charge in [-0.25, -0.2) is 9.97 Å². The number of aromatic nitrogens is 3. The van der Waals surface area contributed by atoms with Crippen LogP contribution >= 0.6 is 0 Å². The number of amides is 1. The number of nitrogens with zero attached hydrogens (tertiary/aromatic N) is 2. The quantitative estimate of drug-likeness (QED) is 0.569. The second-order valence-electron chi connectivity index (χ2n) is 7.10. The number of benzene rings is 2. The standard InChI is InChI=1S/C21H20N4O/c26-21(22-14-6-2-1-3-7-14)13-10-11-16-15(12-13)19-20(24-16)25-18-9-5-4-8-17(18)23-19/h4-5,8-12,14H,1-3,6-7H2,(H,22,26)(H,24,25). The summed E-state index contributed by atoms with van der Waals surface area (Å²) in [6, 6.07) is 13.9. The van der Waals surface area contributed by atoms with Crippen LogP contribution in [-0.4, -0.2) is 26.9 Å². The molecule has 1 aliphatic carbocycles. The minimum Gasteiger partial charge on any atom is -0.349 e. The number of rotatable bonds is 2. The van der Waals surface area contributed by atoms with Crippen LogP contribution < -0.4 is 5.32 Å². The largest absolute Gasteiger partial charge is 0.349 e. The van der Waals surface area contributed by atoms with Gasteiger partial charge < -0.3 is 10.3 Å². The van der Waals surface area contributed by atoms with E-state index in [0.29, 0.717) is 11.6 Å². The fourth-order valence-electron chi connectivity index (χ4n) is 3.91. The van der Waals surface area contributed by atoms with Gasteiger partial charge in [-0.15, -0.1) is 0 Å². The van der Waals surface area contributed by atoms with Crippen molar-refractivity contribution < 1.29 is 4.79 Å². The fourth-order valence-corrected chi connectivity index (χ4v) is 3.91. The van der Waals surface area contributed by atoms with Gasteiger partial charge in [-0.05, 0) is 43.2 Å². The van der Waals surface area contributed by atoms with Crippen molar-refractivity contribution in [2.45, 2.75) is 38.1 Å². The van der Waals surface area contributed by atoms with Crippen molar-refractivity contribution in [2.75, 3.05) is 0 Å². The molecule has 4 aromatic rings. The highest BCUT2D eigenvalue weighted by Gasteiger charge is 2.18. The van der Waals surface area contributed by atoms with Crippen LogP contribution in [0.2, 0.25) is 0 Å². The maximum atomic E-state index is 12.7. The number of aromatic amines is 1. The fraction of sp³-hybridized carbons (Fsp3) is 0.286. The molecule has 1 saturated carbocycles. The van der Waals surface area contributed by atoms with Gasteiger partial charge in [-0.1, -0.05) is 31.4 Å². The highest BCUT2D eigenvalue weighted by atomic mass is 16.1. The zero-order chi connectivity index (χ0) is 17.5. The molecule has 5 heteroatoms. The number of para-hydroxylation sites is 2. The van der Waals surface area contributed by atoms with Crippen LogP contribution in [0.3, 0.4) is 0 Å². The van der Waals surface area contributed by atoms with E-state index in [9.17, 15) is 4.79 Å². The molecule has 2 heterocycles. The summed E-state index contributed by atoms with van der Waals surface area (Å²) in [7, 11) is 0. The first-order valence-corrected chi connectivity index (χ1v) is 9.27. The molecular weight excluding hydrogens is 324 g/mol. The Morgan fingerprint density at radius 3 is 2.58 bits per heavy atom. The lowest BCUT2D eigenvalue weighted by Gasteiger charge is -2.22. The van der Waals surface area contributed by atoms with Crippen LogP contribution in [0.4, 0.5) is 0 Å². The Morgan fingerprint density at radius 1 is 1.00 bits per heavy atom. The van der Waals surface area contributed by atoms with Crippen LogP contribution in [-0.2, 0) is 0 Å². The topological polar surface area (TPSA) is 70.7 Å². The molecule has 2 N–H and O–H groups in total. The van der Waals surface area contributed by atoms with Crippen molar-refractivity contribution in [2.24, 2.45) is 0 Å². The van der Waals surface area contributed by atoms with Gasteiger partial charge in [-0.2, -0.15) is 0 Å². The van der Waals surface area contributed by atoms with E-state index in [2.05, 4.69) is 15.3 Å². The molecule has 2 aromatic carbocycles. The maximum absolute atomic E-state index is 12.7. The molecule has 5 rings (SSSR count). The molecule has 0 radical (unpaired) electrons. The first kappa shape index (κ1) is 15.3. The summed E-state index contributed by atoms with van der Waals surface area (Å²) in [5.74, 6) is 0.00176. The van der Waals surface area contributed by atoms with Crippen LogP contribution in [0.15, 0.2) is 42.5 Å². The van der Waals surface area contributed by atoms with Gasteiger partial charge >= 0.3 is 0 Å². The van der Waals surface area contributed by atoms with E-state index in [-0.39, 0.29) is 5.91 Å². The Labute approximate surface area is 150 Å². The van der Waals surface area contributed by atoms with E-state index in [0.717, 1.165) is 45.9 Å². The molecule has 26 heavy (non-hydrogen) atoms. The van der Waals surface area contributed by atoms with Gasteiger partial charge in [0.25, 0.3) is 5.91 Å². The molecule has 0 aliphatic heterocycles. The monoisotopic (exact) mass is 344 g/mol. The molecule has 2 aromatic heterocycles. The lowest BCUT2D eigenvalue weighted by Crippen LogP contribution is -2.36. The molecule has 0 atom stereocenters. The van der Waals surface area contributed by atoms with E-state index in [4.69, 9.17) is 4.98 Å². The van der Waals surface area contributed by atoms with E-state index in [1.54, 1.807) is 0 Å². The van der Waals surface area contributed by atoms with Crippen molar-refractivity contribution in [1.82, 2.24) is 20.3 Å². The van der Waals surface area contributed by atoms with Crippen LogP contribution in [0.1, 0.15) is 42.5 Å². The van der Waals surface area contributed by atoms with Crippen molar-refractivity contribution in [1.29, 1.82) is 0 Å². The Hall–Kier alpha value is -2.95. The summed E-state index contributed by atoms with van der Waals surface area (Å²) in [5.41, 5.74) is 4.91. The summed E-state index contributed by atoms with van der Waals surface area (Å²) in [6.07, 6.45) is 5.85. The van der Waals surface area contributed by atoms with Gasteiger partial charge in [0.05, 0.1) is 11.0 Å². The van der Waals surface area contributed by atoms with Gasteiger partial charge in [0, 0.05) is 22.5 Å². The Morgan fingerprint density at radius 2 is 1.77 bits per heavy atom. The van der Waals surface area contributed by atoms with Gasteiger partial charge in [0.1, 0.15) is 5.52 Å². The van der Waals surface area contributed by atoms with Gasteiger partial charge in [0.15, 0.2) is 5.65 Å². The second-order valence-corrected chi connectivity index (χ2v) is 7.10. The number of carbonyl (C=O) groups is 1. The molecule has 0 saturated heterocycles. The molecule has 0 bridgehead atoms. The van der Waals surface area contributed by atoms with E-state index < -0.39 is 0 Å². The molecule has 0 spiro atoms. The lowest BCUT2D eigenvalue weighted by molar-refractivity contribution is 0.0928. The van der Waals surface area contributed by atoms with Crippen LogP contribution in [0, 0.1) is 0 Å². The SMILES string of the molecule is O=C(NC1CCCCC1)c1ccc2[nH]c3nc4ccccc4nc3c2c1. The van der Waals surface area contributed by atoms with Crippen molar-refractivity contribution in [3.8, 4) is 0 Å². The van der Waals surface area contributed by atoms with Crippen LogP contribution in [0.5, 0.6) is 0 Å². The number of hydrogen-bond donors (Lipinski definition) is 2. The highest BCUT2D eigenvalue weighted by molar-refractivity contribution is 6.08. The van der Waals surface area contributed by atoms with Gasteiger partial charge in [0.2, 0.25) is 0 Å². The summed E-state index contributed by atoms with van der Waals surface area (Å²) in [5, 5.41) is 4.12. The Bertz CT molecular complexity index is 1120. The van der Waals surface area contributed by atoms with Gasteiger partial charge in [-0.3, -0.25) is 4.79 Å². The second kappa shape index (κ2) is 6.09. The Kier molecular flexibility index (Phi) is 3.59. The predicted molar refractivity (Wildman–Crippen MR) is 103 cm³/mol. The average Bonchev–Trinajstić information content (AvgIpc) is 3.03. The number of fused-ring (bicyclic) bond motifs is 4. The highest BCUT2D eigenvalue weighted by Crippen LogP contribution is 2.26. The Balaban J connectivity index is 1.56. The molecule has 1 amide bonds. The number of H-pyrrole nitrogens is 1. The predicted octanol–water partition coefficient (Wildman–Crippen LogP) is 4.33. The van der Waals surface area contributed by atoms with Crippen molar-refractivity contribution >= 4 is 39.0 Å². The van der Waals surface area contributed by atoms with E-state index >= 15 is 0 Å². The minimum atomic E-state index is 0.00176. The van der Waals surface area contributed by atoms with Crippen LogP contribution in [0.25, 0.3) is 33.1 Å². The van der Waals surface area contributed by atoms with E-state index in [1.165, 1.54) is 19.3 Å². The zero-order valence-electron chi connectivity index (χ0n) is 14.5.